The van der Waals surface area contributed by atoms with Gasteiger partial charge < -0.3 is 10.1 Å². The summed E-state index contributed by atoms with van der Waals surface area (Å²) in [4.78, 5) is 30.0. The average molecular weight is 415 g/mol. The van der Waals surface area contributed by atoms with E-state index in [4.69, 9.17) is 4.74 Å². The Morgan fingerprint density at radius 1 is 1.45 bits per heavy atom. The third-order valence-electron chi connectivity index (χ3n) is 5.06. The summed E-state index contributed by atoms with van der Waals surface area (Å²) in [5.41, 5.74) is -0.331. The van der Waals surface area contributed by atoms with Crippen LogP contribution in [0.2, 0.25) is 0 Å². The van der Waals surface area contributed by atoms with Gasteiger partial charge >= 0.3 is 0 Å². The molecule has 0 radical (unpaired) electrons. The number of hydrogen-bond donors (Lipinski definition) is 1. The predicted octanol–water partition coefficient (Wildman–Crippen LogP) is 2.72. The van der Waals surface area contributed by atoms with Crippen LogP contribution in [0.4, 0.5) is 0 Å². The van der Waals surface area contributed by atoms with E-state index in [1.54, 1.807) is 23.6 Å². The third kappa shape index (κ3) is 5.17. The fraction of sp³-hybridized carbons (Fsp3) is 0.524. The molecule has 1 aliphatic carbocycles. The normalized spacial score (nSPS) is 15.6. The van der Waals surface area contributed by atoms with Crippen LogP contribution in [0.25, 0.3) is 10.9 Å². The second kappa shape index (κ2) is 9.42. The Kier molecular flexibility index (Phi) is 6.93. The lowest BCUT2D eigenvalue weighted by Gasteiger charge is -2.22. The summed E-state index contributed by atoms with van der Waals surface area (Å²) < 4.78 is 6.99. The number of nitrogens with one attached hydrogen (secondary N) is 1. The molecule has 1 N–H and O–H groups in total. The molecule has 0 spiro atoms. The zero-order valence-electron chi connectivity index (χ0n) is 16.8. The van der Waals surface area contributed by atoms with E-state index in [2.05, 4.69) is 16.4 Å². The Balaban J connectivity index is 1.76. The van der Waals surface area contributed by atoms with Crippen molar-refractivity contribution in [3.63, 3.8) is 0 Å². The van der Waals surface area contributed by atoms with Crippen LogP contribution >= 0.6 is 11.8 Å². The monoisotopic (exact) mass is 414 g/mol. The quantitative estimate of drug-likeness (QED) is 0.365. The van der Waals surface area contributed by atoms with Crippen LogP contribution in [0.15, 0.2) is 34.2 Å². The lowest BCUT2D eigenvalue weighted by atomic mass is 9.98. The van der Waals surface area contributed by atoms with Crippen molar-refractivity contribution in [2.75, 3.05) is 19.0 Å². The van der Waals surface area contributed by atoms with E-state index in [0.29, 0.717) is 42.2 Å². The molecule has 3 rings (SSSR count). The van der Waals surface area contributed by atoms with Crippen LogP contribution in [0.5, 0.6) is 0 Å². The molecule has 0 saturated heterocycles. The number of fused-ring (bicyclic) bond motifs is 1. The summed E-state index contributed by atoms with van der Waals surface area (Å²) in [6.45, 7) is 5.36. The van der Waals surface area contributed by atoms with Crippen molar-refractivity contribution in [1.29, 1.82) is 5.26 Å². The number of rotatable bonds is 10. The highest BCUT2D eigenvalue weighted by molar-refractivity contribution is 7.99. The molecule has 1 aliphatic rings. The number of carbonyl (C=O) groups is 1. The minimum atomic E-state index is -0.828. The molecule has 1 aromatic heterocycles. The van der Waals surface area contributed by atoms with E-state index in [-0.39, 0.29) is 23.1 Å². The first-order valence-corrected chi connectivity index (χ1v) is 10.9. The van der Waals surface area contributed by atoms with Crippen molar-refractivity contribution in [2.45, 2.75) is 50.4 Å². The SMILES string of the molecule is CCOCCCn1c(SCC(=O)N[C@](C)(C#N)C2CC2)nc2ccccc2c1=O. The van der Waals surface area contributed by atoms with Gasteiger partial charge in [-0.15, -0.1) is 0 Å². The summed E-state index contributed by atoms with van der Waals surface area (Å²) in [6.07, 6.45) is 2.61. The molecule has 1 fully saturated rings. The van der Waals surface area contributed by atoms with Crippen molar-refractivity contribution in [3.05, 3.63) is 34.6 Å². The highest BCUT2D eigenvalue weighted by Crippen LogP contribution is 2.39. The van der Waals surface area contributed by atoms with Gasteiger partial charge in [0.1, 0.15) is 5.54 Å². The Hall–Kier alpha value is -2.37. The fourth-order valence-corrected chi connectivity index (χ4v) is 4.09. The minimum absolute atomic E-state index is 0.0975. The maximum atomic E-state index is 13.0. The number of hydrogen-bond acceptors (Lipinski definition) is 6. The molecule has 0 unspecified atom stereocenters. The number of thioether (sulfide) groups is 1. The van der Waals surface area contributed by atoms with Crippen LogP contribution in [-0.4, -0.2) is 40.0 Å². The van der Waals surface area contributed by atoms with Crippen molar-refractivity contribution >= 4 is 28.6 Å². The van der Waals surface area contributed by atoms with Crippen molar-refractivity contribution in [3.8, 4) is 6.07 Å². The Labute approximate surface area is 174 Å². The highest BCUT2D eigenvalue weighted by atomic mass is 32.2. The largest absolute Gasteiger partial charge is 0.382 e. The minimum Gasteiger partial charge on any atom is -0.382 e. The van der Waals surface area contributed by atoms with Gasteiger partial charge in [-0.1, -0.05) is 23.9 Å². The maximum Gasteiger partial charge on any atom is 0.262 e. The molecule has 1 heterocycles. The standard InChI is InChI=1S/C21H26N4O3S/c1-3-28-12-6-11-25-19(27)16-7-4-5-8-17(16)23-20(25)29-13-18(26)24-21(2,14-22)15-9-10-15/h4-5,7-8,15H,3,6,9-13H2,1-2H3,(H,24,26)/t21-/m1/s1. The van der Waals surface area contributed by atoms with Gasteiger partial charge in [-0.25, -0.2) is 4.98 Å². The van der Waals surface area contributed by atoms with Gasteiger partial charge in [0.05, 0.1) is 22.7 Å². The molecule has 0 aliphatic heterocycles. The van der Waals surface area contributed by atoms with E-state index in [9.17, 15) is 14.9 Å². The maximum absolute atomic E-state index is 13.0. The Bertz CT molecular complexity index is 980. The number of para-hydroxylation sites is 1. The van der Waals surface area contributed by atoms with E-state index in [0.717, 1.165) is 12.8 Å². The zero-order valence-corrected chi connectivity index (χ0v) is 17.6. The van der Waals surface area contributed by atoms with Gasteiger partial charge in [0, 0.05) is 19.8 Å². The molecule has 1 saturated carbocycles. The zero-order chi connectivity index (χ0) is 20.9. The summed E-state index contributed by atoms with van der Waals surface area (Å²) in [5.74, 6) is 0.0893. The molecule has 1 amide bonds. The Morgan fingerprint density at radius 2 is 2.21 bits per heavy atom. The van der Waals surface area contributed by atoms with Gasteiger partial charge in [0.25, 0.3) is 5.56 Å². The van der Waals surface area contributed by atoms with Crippen LogP contribution in [0.3, 0.4) is 0 Å². The van der Waals surface area contributed by atoms with E-state index in [1.165, 1.54) is 11.8 Å². The molecule has 29 heavy (non-hydrogen) atoms. The van der Waals surface area contributed by atoms with Crippen LogP contribution in [0, 0.1) is 17.2 Å². The molecule has 1 aromatic carbocycles. The molecule has 7 nitrogen and oxygen atoms in total. The van der Waals surface area contributed by atoms with Crippen LogP contribution < -0.4 is 10.9 Å². The first kappa shape index (κ1) is 21.3. The Morgan fingerprint density at radius 3 is 2.90 bits per heavy atom. The second-order valence-electron chi connectivity index (χ2n) is 7.34. The number of benzene rings is 1. The van der Waals surface area contributed by atoms with Crippen LogP contribution in [0.1, 0.15) is 33.1 Å². The first-order valence-electron chi connectivity index (χ1n) is 9.91. The molecular weight excluding hydrogens is 388 g/mol. The van der Waals surface area contributed by atoms with Crippen molar-refractivity contribution in [2.24, 2.45) is 5.92 Å². The summed E-state index contributed by atoms with van der Waals surface area (Å²) in [6, 6.07) is 9.44. The van der Waals surface area contributed by atoms with Gasteiger partial charge in [-0.3, -0.25) is 14.2 Å². The third-order valence-corrected chi connectivity index (χ3v) is 6.04. The average Bonchev–Trinajstić information content (AvgIpc) is 3.57. The first-order chi connectivity index (χ1) is 14.0. The number of aromatic nitrogens is 2. The predicted molar refractivity (Wildman–Crippen MR) is 113 cm³/mol. The number of nitriles is 1. The summed E-state index contributed by atoms with van der Waals surface area (Å²) >= 11 is 1.22. The second-order valence-corrected chi connectivity index (χ2v) is 8.29. The molecule has 8 heteroatoms. The lowest BCUT2D eigenvalue weighted by molar-refractivity contribution is -0.119. The number of ether oxygens (including phenoxy) is 1. The molecular formula is C21H26N4O3S. The van der Waals surface area contributed by atoms with Crippen molar-refractivity contribution in [1.82, 2.24) is 14.9 Å². The van der Waals surface area contributed by atoms with Crippen molar-refractivity contribution < 1.29 is 9.53 Å². The number of carbonyl (C=O) groups excluding carboxylic acids is 1. The number of amides is 1. The highest BCUT2D eigenvalue weighted by Gasteiger charge is 2.42. The molecule has 1 atom stereocenters. The fourth-order valence-electron chi connectivity index (χ4n) is 3.26. The molecule has 154 valence electrons. The van der Waals surface area contributed by atoms with Gasteiger partial charge in [0.15, 0.2) is 5.16 Å². The topological polar surface area (TPSA) is 97.0 Å². The van der Waals surface area contributed by atoms with E-state index < -0.39 is 5.54 Å². The summed E-state index contributed by atoms with van der Waals surface area (Å²) in [5, 5.41) is 13.3. The smallest absolute Gasteiger partial charge is 0.262 e. The van der Waals surface area contributed by atoms with Gasteiger partial charge in [0.2, 0.25) is 5.91 Å². The number of nitrogens with zero attached hydrogens (tertiary/aromatic N) is 3. The van der Waals surface area contributed by atoms with Crippen LogP contribution in [-0.2, 0) is 16.1 Å². The van der Waals surface area contributed by atoms with Gasteiger partial charge in [-0.05, 0) is 51.2 Å². The molecule has 0 bridgehead atoms. The van der Waals surface area contributed by atoms with E-state index >= 15 is 0 Å². The molecule has 2 aromatic rings. The van der Waals surface area contributed by atoms with E-state index in [1.807, 2.05) is 19.1 Å². The van der Waals surface area contributed by atoms with Gasteiger partial charge in [-0.2, -0.15) is 5.26 Å². The summed E-state index contributed by atoms with van der Waals surface area (Å²) in [7, 11) is 0. The lowest BCUT2D eigenvalue weighted by Crippen LogP contribution is -2.47.